The fourth-order valence-corrected chi connectivity index (χ4v) is 4.42. The van der Waals surface area contributed by atoms with E-state index >= 15 is 0 Å². The molecule has 2 aromatic carbocycles. The van der Waals surface area contributed by atoms with E-state index in [0.29, 0.717) is 5.69 Å². The van der Waals surface area contributed by atoms with Crippen LogP contribution in [0.15, 0.2) is 81.8 Å². The number of hydrogen-bond acceptors (Lipinski definition) is 5. The molecule has 0 radical (unpaired) electrons. The molecule has 0 aliphatic carbocycles. The third-order valence-electron chi connectivity index (χ3n) is 5.08. The van der Waals surface area contributed by atoms with Crippen LogP contribution in [-0.2, 0) is 0 Å². The summed E-state index contributed by atoms with van der Waals surface area (Å²) in [5, 5.41) is 7.78. The smallest absolute Gasteiger partial charge is 0.291 e. The Balaban J connectivity index is 1.36. The highest BCUT2D eigenvalue weighted by Gasteiger charge is 2.17. The van der Waals surface area contributed by atoms with Crippen LogP contribution >= 0.6 is 11.8 Å². The molecule has 0 saturated heterocycles. The van der Waals surface area contributed by atoms with Gasteiger partial charge in [-0.1, -0.05) is 36.0 Å². The highest BCUT2D eigenvalue weighted by molar-refractivity contribution is 7.99. The van der Waals surface area contributed by atoms with Crippen molar-refractivity contribution in [1.82, 2.24) is 14.8 Å². The minimum atomic E-state index is -0.323. The number of para-hydroxylation sites is 1. The Labute approximate surface area is 178 Å². The van der Waals surface area contributed by atoms with Crippen LogP contribution in [0.5, 0.6) is 0 Å². The van der Waals surface area contributed by atoms with Gasteiger partial charge in [0.1, 0.15) is 5.65 Å². The van der Waals surface area contributed by atoms with Crippen LogP contribution in [0.1, 0.15) is 28.7 Å². The van der Waals surface area contributed by atoms with Crippen molar-refractivity contribution in [3.63, 3.8) is 0 Å². The number of fused-ring (bicyclic) bond motifs is 3. The number of anilines is 2. The summed E-state index contributed by atoms with van der Waals surface area (Å²) in [7, 11) is 0. The van der Waals surface area contributed by atoms with Crippen LogP contribution in [0.25, 0.3) is 5.65 Å². The molecule has 7 heteroatoms. The van der Waals surface area contributed by atoms with E-state index in [2.05, 4.69) is 45.1 Å². The van der Waals surface area contributed by atoms with Crippen LogP contribution in [-0.4, -0.2) is 21.0 Å². The molecule has 1 amide bonds. The van der Waals surface area contributed by atoms with Gasteiger partial charge in [-0.3, -0.25) is 4.79 Å². The second kappa shape index (κ2) is 7.35. The summed E-state index contributed by atoms with van der Waals surface area (Å²) in [5.74, 6) is -0.323. The highest BCUT2D eigenvalue weighted by atomic mass is 32.2. The van der Waals surface area contributed by atoms with E-state index < -0.39 is 0 Å². The van der Waals surface area contributed by atoms with Gasteiger partial charge in [-0.15, -0.1) is 0 Å². The summed E-state index contributed by atoms with van der Waals surface area (Å²) in [6, 6.07) is 20.0. The molecule has 30 heavy (non-hydrogen) atoms. The second-order valence-electron chi connectivity index (χ2n) is 7.05. The number of nitrogens with zero attached hydrogens (tertiary/aromatic N) is 3. The number of carbonyl (C=O) groups excluding carboxylic acids is 1. The topological polar surface area (TPSA) is 70.8 Å². The van der Waals surface area contributed by atoms with Gasteiger partial charge in [0.25, 0.3) is 5.91 Å². The van der Waals surface area contributed by atoms with Gasteiger partial charge < -0.3 is 9.72 Å². The third kappa shape index (κ3) is 3.23. The predicted molar refractivity (Wildman–Crippen MR) is 120 cm³/mol. The molecular weight excluding hydrogens is 394 g/mol. The summed E-state index contributed by atoms with van der Waals surface area (Å²) >= 11 is 1.74. The van der Waals surface area contributed by atoms with E-state index in [1.54, 1.807) is 11.8 Å². The number of aromatic nitrogens is 2. The summed E-state index contributed by atoms with van der Waals surface area (Å²) in [6.45, 7) is 3.75. The van der Waals surface area contributed by atoms with Gasteiger partial charge in [0, 0.05) is 16.0 Å². The lowest BCUT2D eigenvalue weighted by atomic mass is 10.1. The number of imidazole rings is 1. The normalized spacial score (nSPS) is 12.8. The van der Waals surface area contributed by atoms with Crippen molar-refractivity contribution < 1.29 is 4.79 Å². The van der Waals surface area contributed by atoms with Crippen molar-refractivity contribution in [3.05, 3.63) is 83.8 Å². The van der Waals surface area contributed by atoms with Gasteiger partial charge in [0.05, 0.1) is 22.8 Å². The molecule has 2 N–H and O–H groups in total. The van der Waals surface area contributed by atoms with Gasteiger partial charge in [-0.25, -0.2) is 10.4 Å². The zero-order valence-corrected chi connectivity index (χ0v) is 17.3. The molecule has 0 unspecified atom stereocenters. The Kier molecular flexibility index (Phi) is 4.52. The first kappa shape index (κ1) is 18.4. The first-order valence-electron chi connectivity index (χ1n) is 9.57. The first-order valence-corrected chi connectivity index (χ1v) is 10.4. The van der Waals surface area contributed by atoms with Gasteiger partial charge in [-0.05, 0) is 55.8 Å². The fraction of sp³-hybridized carbons (Fsp3) is 0.0870. The number of aryl methyl sites for hydroxylation is 1. The van der Waals surface area contributed by atoms with Crippen LogP contribution < -0.4 is 10.7 Å². The summed E-state index contributed by atoms with van der Waals surface area (Å²) in [6.07, 6.45) is 1.89. The molecule has 1 aliphatic rings. The largest absolute Gasteiger partial charge is 0.354 e. The number of amides is 1. The third-order valence-corrected chi connectivity index (χ3v) is 6.23. The Bertz CT molecular complexity index is 1320. The highest BCUT2D eigenvalue weighted by Crippen LogP contribution is 2.44. The molecule has 4 aromatic rings. The lowest BCUT2D eigenvalue weighted by Gasteiger charge is -2.21. The molecule has 148 valence electrons. The molecule has 6 nitrogen and oxygen atoms in total. The van der Waals surface area contributed by atoms with Crippen molar-refractivity contribution in [2.75, 3.05) is 5.32 Å². The van der Waals surface area contributed by atoms with Gasteiger partial charge >= 0.3 is 0 Å². The van der Waals surface area contributed by atoms with Crippen molar-refractivity contribution >= 4 is 40.4 Å². The summed E-state index contributed by atoms with van der Waals surface area (Å²) in [5.41, 5.74) is 8.32. The van der Waals surface area contributed by atoms with Crippen LogP contribution in [0, 0.1) is 6.92 Å². The lowest BCUT2D eigenvalue weighted by molar-refractivity contribution is 0.0950. The SMILES string of the molecule is C/C(=N/NC(=O)c1nc2ccccn2c1C)c1ccc2c(c1)Nc1ccccc1S2. The minimum Gasteiger partial charge on any atom is -0.354 e. The maximum absolute atomic E-state index is 12.6. The molecule has 2 aromatic heterocycles. The number of benzene rings is 2. The monoisotopic (exact) mass is 413 g/mol. The van der Waals surface area contributed by atoms with Crippen molar-refractivity contribution in [3.8, 4) is 0 Å². The first-order chi connectivity index (χ1) is 14.6. The summed E-state index contributed by atoms with van der Waals surface area (Å²) < 4.78 is 1.89. The average molecular weight is 414 g/mol. The van der Waals surface area contributed by atoms with Gasteiger partial charge in [0.2, 0.25) is 0 Å². The molecule has 5 rings (SSSR count). The molecule has 0 fully saturated rings. The van der Waals surface area contributed by atoms with Gasteiger partial charge in [-0.2, -0.15) is 5.10 Å². The number of carbonyl (C=O) groups is 1. The van der Waals surface area contributed by atoms with Gasteiger partial charge in [0.15, 0.2) is 5.69 Å². The maximum Gasteiger partial charge on any atom is 0.291 e. The minimum absolute atomic E-state index is 0.323. The standard InChI is InChI=1S/C23H19N5OS/c1-14(26-27-23(29)22-15(2)28-12-6-5-9-21(28)25-22)16-10-11-20-18(13-16)24-17-7-3-4-8-19(17)30-20/h3-13,24H,1-2H3,(H,27,29)/b26-14-. The Morgan fingerprint density at radius 3 is 2.73 bits per heavy atom. The van der Waals surface area contributed by atoms with Crippen LogP contribution in [0.4, 0.5) is 11.4 Å². The molecule has 0 spiro atoms. The molecule has 0 atom stereocenters. The van der Waals surface area contributed by atoms with E-state index in [0.717, 1.165) is 38.9 Å². The van der Waals surface area contributed by atoms with Crippen LogP contribution in [0.2, 0.25) is 0 Å². The van der Waals surface area contributed by atoms with Crippen molar-refractivity contribution in [2.24, 2.45) is 5.10 Å². The van der Waals surface area contributed by atoms with E-state index in [1.807, 2.05) is 60.8 Å². The molecule has 3 heterocycles. The molecule has 1 aliphatic heterocycles. The molecular formula is C23H19N5OS. The lowest BCUT2D eigenvalue weighted by Crippen LogP contribution is -2.20. The van der Waals surface area contributed by atoms with Crippen molar-refractivity contribution in [1.29, 1.82) is 0 Å². The van der Waals surface area contributed by atoms with E-state index in [-0.39, 0.29) is 5.91 Å². The molecule has 0 saturated carbocycles. The molecule has 0 bridgehead atoms. The van der Waals surface area contributed by atoms with E-state index in [9.17, 15) is 4.79 Å². The Morgan fingerprint density at radius 2 is 1.87 bits per heavy atom. The number of pyridine rings is 1. The average Bonchev–Trinajstić information content (AvgIpc) is 3.12. The van der Waals surface area contributed by atoms with Crippen LogP contribution in [0.3, 0.4) is 0 Å². The fourth-order valence-electron chi connectivity index (χ4n) is 3.45. The maximum atomic E-state index is 12.6. The number of nitrogens with one attached hydrogen (secondary N) is 2. The quantitative estimate of drug-likeness (QED) is 0.322. The zero-order chi connectivity index (χ0) is 20.7. The Morgan fingerprint density at radius 1 is 1.07 bits per heavy atom. The number of rotatable bonds is 3. The zero-order valence-electron chi connectivity index (χ0n) is 16.5. The van der Waals surface area contributed by atoms with E-state index in [1.165, 1.54) is 4.90 Å². The van der Waals surface area contributed by atoms with E-state index in [4.69, 9.17) is 0 Å². The van der Waals surface area contributed by atoms with Crippen molar-refractivity contribution in [2.45, 2.75) is 23.6 Å². The second-order valence-corrected chi connectivity index (χ2v) is 8.13. The predicted octanol–water partition coefficient (Wildman–Crippen LogP) is 5.00. The Hall–Kier alpha value is -3.58. The summed E-state index contributed by atoms with van der Waals surface area (Å²) in [4.78, 5) is 19.4. The number of hydrogen-bond donors (Lipinski definition) is 2. The number of hydrazone groups is 1.